The summed E-state index contributed by atoms with van der Waals surface area (Å²) in [4.78, 5) is 30.5. The van der Waals surface area contributed by atoms with Gasteiger partial charge in [0, 0.05) is 57.2 Å². The molecule has 190 valence electrons. The number of amides is 3. The Labute approximate surface area is 222 Å². The fourth-order valence-corrected chi connectivity index (χ4v) is 3.86. The largest absolute Gasteiger partial charge is 0.399 e. The number of nitrogens with zero attached hydrogens (tertiary/aromatic N) is 3. The summed E-state index contributed by atoms with van der Waals surface area (Å²) in [7, 11) is 5.41. The zero-order valence-corrected chi connectivity index (χ0v) is 22.2. The molecule has 0 spiro atoms. The summed E-state index contributed by atoms with van der Waals surface area (Å²) < 4.78 is 0. The molecule has 0 bridgehead atoms. The van der Waals surface area contributed by atoms with Gasteiger partial charge in [0.15, 0.2) is 0 Å². The Morgan fingerprint density at radius 2 is 1.56 bits per heavy atom. The maximum atomic E-state index is 13.3. The highest BCUT2D eigenvalue weighted by atomic mass is 35.5. The van der Waals surface area contributed by atoms with Gasteiger partial charge in [-0.1, -0.05) is 47.5 Å². The van der Waals surface area contributed by atoms with Crippen LogP contribution < -0.4 is 16.0 Å². The molecule has 7 nitrogen and oxygen atoms in total. The minimum atomic E-state index is -0.303. The lowest BCUT2D eigenvalue weighted by Crippen LogP contribution is -2.41. The summed E-state index contributed by atoms with van der Waals surface area (Å²) in [6, 6.07) is 20.0. The Kier molecular flexibility index (Phi) is 9.58. The maximum Gasteiger partial charge on any atom is 0.326 e. The number of carbonyl (C=O) groups excluding carboxylic acids is 2. The number of nitrogen functional groups attached to an aromatic ring is 1. The molecule has 0 aromatic heterocycles. The lowest BCUT2D eigenvalue weighted by molar-refractivity contribution is -0.128. The number of nitrogens with two attached hydrogens (primary N) is 1. The number of nitrogens with one attached hydrogen (secondary N) is 1. The molecule has 0 aliphatic carbocycles. The van der Waals surface area contributed by atoms with Gasteiger partial charge in [-0.3, -0.25) is 9.69 Å². The van der Waals surface area contributed by atoms with E-state index in [0.717, 1.165) is 16.8 Å². The van der Waals surface area contributed by atoms with Gasteiger partial charge in [0.25, 0.3) is 0 Å². The molecule has 3 aromatic rings. The van der Waals surface area contributed by atoms with Crippen molar-refractivity contribution >= 4 is 52.2 Å². The Balaban J connectivity index is 1.77. The van der Waals surface area contributed by atoms with Crippen molar-refractivity contribution in [3.63, 3.8) is 0 Å². The number of urea groups is 1. The van der Waals surface area contributed by atoms with Gasteiger partial charge in [-0.15, -0.1) is 0 Å². The van der Waals surface area contributed by atoms with Crippen molar-refractivity contribution in [1.82, 2.24) is 9.80 Å². The molecule has 0 aliphatic rings. The van der Waals surface area contributed by atoms with Gasteiger partial charge in [0.05, 0.1) is 10.0 Å². The highest BCUT2D eigenvalue weighted by Crippen LogP contribution is 2.27. The summed E-state index contributed by atoms with van der Waals surface area (Å²) in [5, 5.41) is 3.67. The van der Waals surface area contributed by atoms with Gasteiger partial charge < -0.3 is 20.9 Å². The second-order valence-electron chi connectivity index (χ2n) is 8.72. The molecular weight excluding hydrogens is 497 g/mol. The third-order valence-electron chi connectivity index (χ3n) is 5.73. The summed E-state index contributed by atoms with van der Waals surface area (Å²) in [6.45, 7) is 1.58. The van der Waals surface area contributed by atoms with E-state index in [9.17, 15) is 9.59 Å². The van der Waals surface area contributed by atoms with E-state index in [1.54, 1.807) is 42.1 Å². The van der Waals surface area contributed by atoms with E-state index in [-0.39, 0.29) is 11.9 Å². The molecule has 0 aliphatic heterocycles. The monoisotopic (exact) mass is 527 g/mol. The Morgan fingerprint density at radius 1 is 0.833 bits per heavy atom. The lowest BCUT2D eigenvalue weighted by atomic mass is 10.0. The van der Waals surface area contributed by atoms with Crippen molar-refractivity contribution in [3.05, 3.63) is 76.8 Å². The van der Waals surface area contributed by atoms with Crippen LogP contribution in [-0.2, 0) is 4.79 Å². The molecule has 3 rings (SSSR count). The Bertz CT molecular complexity index is 1200. The maximum absolute atomic E-state index is 13.3. The number of benzene rings is 3. The Morgan fingerprint density at radius 3 is 2.19 bits per heavy atom. The van der Waals surface area contributed by atoms with E-state index in [1.807, 2.05) is 60.5 Å². The van der Waals surface area contributed by atoms with E-state index >= 15 is 0 Å². The van der Waals surface area contributed by atoms with Crippen molar-refractivity contribution < 1.29 is 9.59 Å². The molecule has 0 fully saturated rings. The standard InChI is InChI=1S/C27H31Cl2N5O2/c1-32(2)26(35)13-14-33(3)15-16-34(27(36)31-22-9-12-24(28)25(29)18-22)23-10-7-19(8-11-23)20-5-4-6-21(30)17-20/h4-12,17-18H,13-16,30H2,1-3H3,(H,31,36). The van der Waals surface area contributed by atoms with Gasteiger partial charge in [-0.05, 0) is 60.6 Å². The molecule has 0 saturated carbocycles. The summed E-state index contributed by atoms with van der Waals surface area (Å²) in [5.41, 5.74) is 9.89. The normalized spacial score (nSPS) is 10.8. The number of hydrogen-bond donors (Lipinski definition) is 2. The van der Waals surface area contributed by atoms with Gasteiger partial charge >= 0.3 is 6.03 Å². The summed E-state index contributed by atoms with van der Waals surface area (Å²) >= 11 is 12.1. The molecule has 0 saturated heterocycles. The first-order valence-corrected chi connectivity index (χ1v) is 12.3. The highest BCUT2D eigenvalue weighted by Gasteiger charge is 2.18. The van der Waals surface area contributed by atoms with Crippen molar-refractivity contribution in [3.8, 4) is 11.1 Å². The minimum absolute atomic E-state index is 0.0632. The van der Waals surface area contributed by atoms with E-state index in [4.69, 9.17) is 28.9 Å². The van der Waals surface area contributed by atoms with Gasteiger partial charge in [-0.25, -0.2) is 4.79 Å². The molecule has 0 radical (unpaired) electrons. The predicted molar refractivity (Wildman–Crippen MR) is 150 cm³/mol. The highest BCUT2D eigenvalue weighted by molar-refractivity contribution is 6.42. The van der Waals surface area contributed by atoms with E-state index < -0.39 is 0 Å². The average Bonchev–Trinajstić information content (AvgIpc) is 2.85. The zero-order chi connectivity index (χ0) is 26.2. The number of likely N-dealkylation sites (N-methyl/N-ethyl adjacent to an activating group) is 1. The number of rotatable bonds is 9. The number of halogens is 2. The van der Waals surface area contributed by atoms with Gasteiger partial charge in [-0.2, -0.15) is 0 Å². The van der Waals surface area contributed by atoms with E-state index in [2.05, 4.69) is 5.32 Å². The first-order valence-electron chi connectivity index (χ1n) is 11.5. The van der Waals surface area contributed by atoms with Crippen LogP contribution in [0.3, 0.4) is 0 Å². The first kappa shape index (κ1) is 27.3. The van der Waals surface area contributed by atoms with Crippen molar-refractivity contribution in [1.29, 1.82) is 0 Å². The second kappa shape index (κ2) is 12.6. The minimum Gasteiger partial charge on any atom is -0.399 e. The number of carbonyl (C=O) groups is 2. The van der Waals surface area contributed by atoms with E-state index in [1.165, 1.54) is 0 Å². The van der Waals surface area contributed by atoms with Crippen molar-refractivity contribution in [2.75, 3.05) is 56.7 Å². The average molecular weight is 528 g/mol. The number of hydrogen-bond acceptors (Lipinski definition) is 4. The van der Waals surface area contributed by atoms with Gasteiger partial charge in [0.1, 0.15) is 0 Å². The van der Waals surface area contributed by atoms with Crippen LogP contribution in [-0.4, -0.2) is 62.5 Å². The van der Waals surface area contributed by atoms with Crippen LogP contribution in [0.1, 0.15) is 6.42 Å². The summed E-state index contributed by atoms with van der Waals surface area (Å²) in [5.74, 6) is 0.0632. The molecule has 9 heteroatoms. The van der Waals surface area contributed by atoms with Gasteiger partial charge in [0.2, 0.25) is 5.91 Å². The van der Waals surface area contributed by atoms with Crippen LogP contribution in [0.25, 0.3) is 11.1 Å². The van der Waals surface area contributed by atoms with Crippen LogP contribution in [0.4, 0.5) is 21.9 Å². The van der Waals surface area contributed by atoms with Crippen LogP contribution in [0.5, 0.6) is 0 Å². The molecule has 0 unspecified atom stereocenters. The molecule has 0 heterocycles. The third kappa shape index (κ3) is 7.62. The zero-order valence-electron chi connectivity index (χ0n) is 20.7. The van der Waals surface area contributed by atoms with Crippen LogP contribution in [0.15, 0.2) is 66.7 Å². The van der Waals surface area contributed by atoms with E-state index in [0.29, 0.717) is 47.5 Å². The fraction of sp³-hybridized carbons (Fsp3) is 0.259. The smallest absolute Gasteiger partial charge is 0.326 e. The molecule has 3 aromatic carbocycles. The van der Waals surface area contributed by atoms with Crippen LogP contribution in [0, 0.1) is 0 Å². The SMILES string of the molecule is CN(CCC(=O)N(C)C)CCN(C(=O)Nc1ccc(Cl)c(Cl)c1)c1ccc(-c2cccc(N)c2)cc1. The van der Waals surface area contributed by atoms with Crippen molar-refractivity contribution in [2.45, 2.75) is 6.42 Å². The predicted octanol–water partition coefficient (Wildman–Crippen LogP) is 5.69. The third-order valence-corrected chi connectivity index (χ3v) is 6.47. The molecule has 3 amide bonds. The second-order valence-corrected chi connectivity index (χ2v) is 9.54. The topological polar surface area (TPSA) is 81.9 Å². The number of anilines is 3. The Hall–Kier alpha value is -3.26. The first-order chi connectivity index (χ1) is 17.1. The van der Waals surface area contributed by atoms with Crippen LogP contribution in [0.2, 0.25) is 10.0 Å². The fourth-order valence-electron chi connectivity index (χ4n) is 3.56. The molecule has 3 N–H and O–H groups in total. The molecule has 36 heavy (non-hydrogen) atoms. The molecular formula is C27H31Cl2N5O2. The van der Waals surface area contributed by atoms with Crippen molar-refractivity contribution in [2.24, 2.45) is 0 Å². The quantitative estimate of drug-likeness (QED) is 0.350. The van der Waals surface area contributed by atoms with Crippen LogP contribution >= 0.6 is 23.2 Å². The lowest BCUT2D eigenvalue weighted by Gasteiger charge is -2.26. The summed E-state index contributed by atoms with van der Waals surface area (Å²) in [6.07, 6.45) is 0.411. The molecule has 0 atom stereocenters.